The second-order valence-electron chi connectivity index (χ2n) is 6.73. The lowest BCUT2D eigenvalue weighted by atomic mass is 9.47. The van der Waals surface area contributed by atoms with Crippen LogP contribution < -0.4 is 0 Å². The molecule has 0 nitrogen and oxygen atoms in total. The molecule has 0 N–H and O–H groups in total. The molecule has 6 heteroatoms. The van der Waals surface area contributed by atoms with Crippen molar-refractivity contribution in [1.82, 2.24) is 0 Å². The van der Waals surface area contributed by atoms with Crippen LogP contribution in [-0.4, -0.2) is 18.3 Å². The summed E-state index contributed by atoms with van der Waals surface area (Å²) in [5, 5.41) is 0. The van der Waals surface area contributed by atoms with Crippen LogP contribution >= 0.6 is 0 Å². The largest absolute Gasteiger partial charge is 0.425 e. The minimum atomic E-state index is -5.48. The highest BCUT2D eigenvalue weighted by atomic mass is 19.4. The van der Waals surface area contributed by atoms with Crippen LogP contribution in [0.2, 0.25) is 0 Å². The molecule has 4 aliphatic carbocycles. The molecule has 4 aliphatic rings. The van der Waals surface area contributed by atoms with E-state index in [4.69, 9.17) is 0 Å². The van der Waals surface area contributed by atoms with Gasteiger partial charge in [0.15, 0.2) is 0 Å². The maximum absolute atomic E-state index is 14.2. The Balaban J connectivity index is 1.92. The number of hydrogen-bond acceptors (Lipinski definition) is 0. The van der Waals surface area contributed by atoms with E-state index in [9.17, 15) is 26.3 Å². The molecule has 4 bridgehead atoms. The topological polar surface area (TPSA) is 0 Å². The first-order chi connectivity index (χ1) is 8.64. The molecule has 4 saturated carbocycles. The predicted octanol–water partition coefficient (Wildman–Crippen LogP) is 4.74. The summed E-state index contributed by atoms with van der Waals surface area (Å²) in [5.41, 5.74) is -1.75. The average Bonchev–Trinajstić information content (AvgIpc) is 2.24. The standard InChI is InChI=1S/C13H16F6/c14-10(13(17,18)19)12(15,16)11-4-7-1-8(5-11)3-9(2-7)6-11/h7-10H,1-6H2. The first-order valence-electron chi connectivity index (χ1n) is 6.73. The van der Waals surface area contributed by atoms with Crippen molar-refractivity contribution in [2.45, 2.75) is 56.8 Å². The van der Waals surface area contributed by atoms with E-state index in [0.717, 1.165) is 19.3 Å². The summed E-state index contributed by atoms with van der Waals surface area (Å²) in [5.74, 6) is -4.09. The minimum absolute atomic E-state index is 0.0590. The Morgan fingerprint density at radius 3 is 1.47 bits per heavy atom. The van der Waals surface area contributed by atoms with Gasteiger partial charge in [-0.05, 0) is 56.3 Å². The molecule has 0 heterocycles. The average molecular weight is 286 g/mol. The van der Waals surface area contributed by atoms with Crippen LogP contribution in [-0.2, 0) is 0 Å². The zero-order valence-electron chi connectivity index (χ0n) is 10.3. The van der Waals surface area contributed by atoms with Crippen LogP contribution in [0.25, 0.3) is 0 Å². The van der Waals surface area contributed by atoms with E-state index in [1.165, 1.54) is 0 Å². The third-order valence-corrected chi connectivity index (χ3v) is 5.35. The first-order valence-corrected chi connectivity index (χ1v) is 6.73. The van der Waals surface area contributed by atoms with E-state index >= 15 is 0 Å². The van der Waals surface area contributed by atoms with E-state index in [0.29, 0.717) is 0 Å². The zero-order chi connectivity index (χ0) is 14.1. The third kappa shape index (κ3) is 1.88. The van der Waals surface area contributed by atoms with Crippen LogP contribution in [0.15, 0.2) is 0 Å². The number of halogens is 6. The highest BCUT2D eigenvalue weighted by molar-refractivity contribution is 5.09. The Bertz CT molecular complexity index is 337. The third-order valence-electron chi connectivity index (χ3n) is 5.35. The summed E-state index contributed by atoms with van der Waals surface area (Å²) in [7, 11) is 0. The number of rotatable bonds is 2. The highest BCUT2D eigenvalue weighted by Gasteiger charge is 2.70. The molecule has 0 aromatic rings. The van der Waals surface area contributed by atoms with E-state index in [2.05, 4.69) is 0 Å². The van der Waals surface area contributed by atoms with Gasteiger partial charge >= 0.3 is 6.18 Å². The van der Waals surface area contributed by atoms with Gasteiger partial charge < -0.3 is 0 Å². The van der Waals surface area contributed by atoms with Gasteiger partial charge in [0, 0.05) is 5.41 Å². The molecule has 0 saturated heterocycles. The fourth-order valence-electron chi connectivity index (χ4n) is 4.99. The normalized spacial score (nSPS) is 43.6. The smallest absolute Gasteiger partial charge is 0.231 e. The molecular formula is C13H16F6. The molecule has 0 aliphatic heterocycles. The van der Waals surface area contributed by atoms with Gasteiger partial charge in [-0.1, -0.05) is 0 Å². The van der Waals surface area contributed by atoms with Crippen molar-refractivity contribution >= 4 is 0 Å². The van der Waals surface area contributed by atoms with Crippen molar-refractivity contribution in [1.29, 1.82) is 0 Å². The zero-order valence-corrected chi connectivity index (χ0v) is 10.3. The summed E-state index contributed by atoms with van der Waals surface area (Å²) in [6, 6.07) is 0. The second-order valence-corrected chi connectivity index (χ2v) is 6.73. The van der Waals surface area contributed by atoms with Crippen LogP contribution in [0.3, 0.4) is 0 Å². The van der Waals surface area contributed by atoms with Crippen molar-refractivity contribution in [3.8, 4) is 0 Å². The van der Waals surface area contributed by atoms with Crippen molar-refractivity contribution in [2.75, 3.05) is 0 Å². The summed E-state index contributed by atoms with van der Waals surface area (Å²) in [6.45, 7) is 0. The summed E-state index contributed by atoms with van der Waals surface area (Å²) in [4.78, 5) is 0. The number of alkyl halides is 6. The molecule has 0 aromatic heterocycles. The molecule has 0 amide bonds. The summed E-state index contributed by atoms with van der Waals surface area (Å²) >= 11 is 0. The Hall–Kier alpha value is -0.420. The maximum atomic E-state index is 14.2. The SMILES string of the molecule is FC(C(F)(F)F)C(F)(F)C12CC3CC(CC(C3)C1)C2. The van der Waals surface area contributed by atoms with Gasteiger partial charge in [-0.25, -0.2) is 13.2 Å². The van der Waals surface area contributed by atoms with Crippen molar-refractivity contribution in [2.24, 2.45) is 23.2 Å². The fourth-order valence-corrected chi connectivity index (χ4v) is 4.99. The van der Waals surface area contributed by atoms with Gasteiger partial charge in [-0.3, -0.25) is 0 Å². The summed E-state index contributed by atoms with van der Waals surface area (Å²) in [6.07, 6.45) is -6.84. The molecule has 19 heavy (non-hydrogen) atoms. The van der Waals surface area contributed by atoms with Gasteiger partial charge in [0.25, 0.3) is 12.1 Å². The number of hydrogen-bond donors (Lipinski definition) is 0. The van der Waals surface area contributed by atoms with Gasteiger partial charge in [-0.15, -0.1) is 0 Å². The van der Waals surface area contributed by atoms with Crippen molar-refractivity contribution in [3.63, 3.8) is 0 Å². The molecule has 0 spiro atoms. The lowest BCUT2D eigenvalue weighted by Crippen LogP contribution is -2.60. The lowest BCUT2D eigenvalue weighted by molar-refractivity contribution is -0.300. The molecule has 1 unspecified atom stereocenters. The molecule has 4 fully saturated rings. The Labute approximate surface area is 107 Å². The van der Waals surface area contributed by atoms with Crippen LogP contribution in [0.4, 0.5) is 26.3 Å². The van der Waals surface area contributed by atoms with Gasteiger partial charge in [0.05, 0.1) is 0 Å². The minimum Gasteiger partial charge on any atom is -0.231 e. The van der Waals surface area contributed by atoms with E-state index in [-0.39, 0.29) is 37.0 Å². The second kappa shape index (κ2) is 3.82. The van der Waals surface area contributed by atoms with E-state index in [1.54, 1.807) is 0 Å². The first kappa shape index (κ1) is 13.6. The maximum Gasteiger partial charge on any atom is 0.425 e. The van der Waals surface area contributed by atoms with Crippen LogP contribution in [0.5, 0.6) is 0 Å². The summed E-state index contributed by atoms with van der Waals surface area (Å²) < 4.78 is 78.8. The molecule has 4 rings (SSSR count). The van der Waals surface area contributed by atoms with Crippen molar-refractivity contribution in [3.05, 3.63) is 0 Å². The molecule has 110 valence electrons. The van der Waals surface area contributed by atoms with Gasteiger partial charge in [0.2, 0.25) is 0 Å². The molecule has 0 radical (unpaired) electrons. The molecular weight excluding hydrogens is 270 g/mol. The Morgan fingerprint density at radius 1 is 0.789 bits per heavy atom. The van der Waals surface area contributed by atoms with Gasteiger partial charge in [0.1, 0.15) is 0 Å². The Kier molecular flexibility index (Phi) is 2.72. The Morgan fingerprint density at radius 2 is 1.16 bits per heavy atom. The van der Waals surface area contributed by atoms with Gasteiger partial charge in [-0.2, -0.15) is 13.2 Å². The highest BCUT2D eigenvalue weighted by Crippen LogP contribution is 2.66. The molecule has 1 atom stereocenters. The van der Waals surface area contributed by atoms with E-state index < -0.39 is 23.7 Å². The van der Waals surface area contributed by atoms with Crippen LogP contribution in [0, 0.1) is 23.2 Å². The van der Waals surface area contributed by atoms with Crippen LogP contribution in [0.1, 0.15) is 38.5 Å². The quantitative estimate of drug-likeness (QED) is 0.643. The monoisotopic (exact) mass is 286 g/mol. The predicted molar refractivity (Wildman–Crippen MR) is 56.5 cm³/mol. The van der Waals surface area contributed by atoms with Crippen molar-refractivity contribution < 1.29 is 26.3 Å². The molecule has 0 aromatic carbocycles. The lowest BCUT2D eigenvalue weighted by Gasteiger charge is -2.59. The fraction of sp³-hybridized carbons (Fsp3) is 1.00. The van der Waals surface area contributed by atoms with E-state index in [1.807, 2.05) is 0 Å².